The van der Waals surface area contributed by atoms with Crippen LogP contribution in [0.3, 0.4) is 0 Å². The van der Waals surface area contributed by atoms with Crippen LogP contribution in [0, 0.1) is 5.41 Å². The van der Waals surface area contributed by atoms with Crippen molar-refractivity contribution in [1.82, 2.24) is 5.32 Å². The quantitative estimate of drug-likeness (QED) is 0.582. The Labute approximate surface area is 143 Å². The number of nitrogen functional groups attached to an aromatic ring is 1. The number of hydrogen-bond donors (Lipinski definition) is 3. The van der Waals surface area contributed by atoms with Crippen LogP contribution in [0.4, 0.5) is 11.4 Å². The molecule has 2 aliphatic rings. The highest BCUT2D eigenvalue weighted by molar-refractivity contribution is 6.12. The predicted octanol–water partition coefficient (Wildman–Crippen LogP) is 2.25. The molecule has 24 heavy (non-hydrogen) atoms. The second-order valence-electron chi connectivity index (χ2n) is 6.18. The minimum absolute atomic E-state index is 0.439. The van der Waals surface area contributed by atoms with Crippen molar-refractivity contribution in [3.63, 3.8) is 0 Å². The van der Waals surface area contributed by atoms with Gasteiger partial charge in [0.15, 0.2) is 0 Å². The molecule has 130 valence electrons. The lowest BCUT2D eigenvalue weighted by molar-refractivity contribution is 0.0844. The molecule has 6 heteroatoms. The van der Waals surface area contributed by atoms with Crippen molar-refractivity contribution < 1.29 is 9.47 Å². The third kappa shape index (κ3) is 2.94. The summed E-state index contributed by atoms with van der Waals surface area (Å²) in [6.07, 6.45) is 4.32. The number of benzene rings is 1. The van der Waals surface area contributed by atoms with Gasteiger partial charge >= 0.3 is 0 Å². The zero-order chi connectivity index (χ0) is 17.1. The van der Waals surface area contributed by atoms with Gasteiger partial charge < -0.3 is 30.8 Å². The molecule has 0 aliphatic carbocycles. The van der Waals surface area contributed by atoms with Crippen molar-refractivity contribution in [3.05, 3.63) is 23.4 Å². The molecule has 0 radical (unpaired) electrons. The summed E-state index contributed by atoms with van der Waals surface area (Å²) < 4.78 is 11.0. The molecular formula is C18H26N4O2. The van der Waals surface area contributed by atoms with Crippen LogP contribution in [0.2, 0.25) is 0 Å². The average molecular weight is 330 g/mol. The molecule has 2 aliphatic heterocycles. The van der Waals surface area contributed by atoms with E-state index in [9.17, 15) is 0 Å². The fourth-order valence-electron chi connectivity index (χ4n) is 3.67. The Kier molecular flexibility index (Phi) is 4.94. The van der Waals surface area contributed by atoms with Gasteiger partial charge in [-0.2, -0.15) is 0 Å². The number of rotatable bonds is 4. The van der Waals surface area contributed by atoms with E-state index in [4.69, 9.17) is 20.6 Å². The largest absolute Gasteiger partial charge is 0.495 e. The first-order valence-corrected chi connectivity index (χ1v) is 8.43. The Balaban J connectivity index is 2.13. The highest BCUT2D eigenvalue weighted by Gasteiger charge is 2.28. The summed E-state index contributed by atoms with van der Waals surface area (Å²) in [4.78, 5) is 2.44. The van der Waals surface area contributed by atoms with E-state index >= 15 is 0 Å². The third-order valence-electron chi connectivity index (χ3n) is 4.95. The van der Waals surface area contributed by atoms with Crippen LogP contribution in [0.5, 0.6) is 5.75 Å². The van der Waals surface area contributed by atoms with Gasteiger partial charge in [0.1, 0.15) is 5.75 Å². The number of fused-ring (bicyclic) bond motifs is 1. The minimum Gasteiger partial charge on any atom is -0.495 e. The van der Waals surface area contributed by atoms with Gasteiger partial charge in [0, 0.05) is 74.1 Å². The number of methoxy groups -OCH3 is 1. The monoisotopic (exact) mass is 330 g/mol. The van der Waals surface area contributed by atoms with Crippen molar-refractivity contribution in [2.45, 2.75) is 25.3 Å². The van der Waals surface area contributed by atoms with Crippen molar-refractivity contribution in [2.75, 3.05) is 44.5 Å². The zero-order valence-corrected chi connectivity index (χ0v) is 14.4. The normalized spacial score (nSPS) is 18.8. The molecule has 0 unspecified atom stereocenters. The van der Waals surface area contributed by atoms with Gasteiger partial charge in [-0.05, 0) is 18.9 Å². The lowest BCUT2D eigenvalue weighted by atomic mass is 9.99. The average Bonchev–Trinajstić information content (AvgIpc) is 2.77. The molecular weight excluding hydrogens is 304 g/mol. The first kappa shape index (κ1) is 16.6. The van der Waals surface area contributed by atoms with E-state index in [1.807, 2.05) is 19.2 Å². The standard InChI is InChI=1S/C18H26N4O2/c1-21-16-3-6-22(12-4-7-24-8-5-12)17-10-18(23-2)15(20)9-13(17)14(16)11-19/h9-12,19,21H,3-8,20H2,1-2H3. The molecule has 3 rings (SSSR count). The maximum Gasteiger partial charge on any atom is 0.143 e. The Morgan fingerprint density at radius 3 is 2.75 bits per heavy atom. The lowest BCUT2D eigenvalue weighted by Crippen LogP contribution is -2.40. The third-order valence-corrected chi connectivity index (χ3v) is 4.95. The molecule has 0 bridgehead atoms. The van der Waals surface area contributed by atoms with Crippen LogP contribution in [0.15, 0.2) is 17.8 Å². The summed E-state index contributed by atoms with van der Waals surface area (Å²) in [5.41, 5.74) is 10.8. The van der Waals surface area contributed by atoms with E-state index < -0.39 is 0 Å². The molecule has 0 amide bonds. The van der Waals surface area contributed by atoms with Gasteiger partial charge in [-0.15, -0.1) is 0 Å². The van der Waals surface area contributed by atoms with Crippen LogP contribution >= 0.6 is 0 Å². The van der Waals surface area contributed by atoms with E-state index in [2.05, 4.69) is 10.2 Å². The number of anilines is 2. The van der Waals surface area contributed by atoms with Gasteiger partial charge in [-0.3, -0.25) is 0 Å². The maximum atomic E-state index is 7.90. The Bertz CT molecular complexity index is 651. The second kappa shape index (κ2) is 7.13. The van der Waals surface area contributed by atoms with Crippen LogP contribution in [-0.2, 0) is 4.74 Å². The van der Waals surface area contributed by atoms with Crippen LogP contribution in [0.1, 0.15) is 24.8 Å². The molecule has 4 N–H and O–H groups in total. The summed E-state index contributed by atoms with van der Waals surface area (Å²) in [5.74, 6) is 0.683. The second-order valence-corrected chi connectivity index (χ2v) is 6.18. The Hall–Kier alpha value is -2.21. The predicted molar refractivity (Wildman–Crippen MR) is 98.0 cm³/mol. The number of nitrogens with zero attached hydrogens (tertiary/aromatic N) is 1. The molecule has 2 heterocycles. The van der Waals surface area contributed by atoms with E-state index in [1.54, 1.807) is 7.11 Å². The fraction of sp³-hybridized carbons (Fsp3) is 0.500. The number of nitrogens with one attached hydrogen (secondary N) is 2. The molecule has 1 aromatic rings. The maximum absolute atomic E-state index is 7.90. The highest BCUT2D eigenvalue weighted by Crippen LogP contribution is 2.40. The molecule has 0 aromatic heterocycles. The number of allylic oxidation sites excluding steroid dienone is 1. The lowest BCUT2D eigenvalue weighted by Gasteiger charge is -2.36. The van der Waals surface area contributed by atoms with Gasteiger partial charge in [0.05, 0.1) is 12.8 Å². The summed E-state index contributed by atoms with van der Waals surface area (Å²) >= 11 is 0. The topological polar surface area (TPSA) is 83.6 Å². The first-order valence-electron chi connectivity index (χ1n) is 8.43. The fourth-order valence-corrected chi connectivity index (χ4v) is 3.67. The Morgan fingerprint density at radius 2 is 2.12 bits per heavy atom. The van der Waals surface area contributed by atoms with E-state index in [0.717, 1.165) is 61.5 Å². The summed E-state index contributed by atoms with van der Waals surface area (Å²) in [6.45, 7) is 2.50. The van der Waals surface area contributed by atoms with Gasteiger partial charge in [0.2, 0.25) is 0 Å². The molecule has 1 aromatic carbocycles. The summed E-state index contributed by atoms with van der Waals surface area (Å²) in [7, 11) is 3.55. The number of hydrogen-bond acceptors (Lipinski definition) is 6. The van der Waals surface area contributed by atoms with Crippen LogP contribution in [-0.4, -0.2) is 46.2 Å². The Morgan fingerprint density at radius 1 is 1.38 bits per heavy atom. The SMILES string of the molecule is CNC1=C(C=N)c2cc(N)c(OC)cc2N(C2CCOCC2)CC1. The molecule has 0 spiro atoms. The molecule has 6 nitrogen and oxygen atoms in total. The molecule has 1 saturated heterocycles. The van der Waals surface area contributed by atoms with E-state index in [-0.39, 0.29) is 0 Å². The van der Waals surface area contributed by atoms with Crippen molar-refractivity contribution in [1.29, 1.82) is 5.41 Å². The van der Waals surface area contributed by atoms with Gasteiger partial charge in [-0.25, -0.2) is 0 Å². The zero-order valence-electron chi connectivity index (χ0n) is 14.4. The van der Waals surface area contributed by atoms with Gasteiger partial charge in [-0.1, -0.05) is 0 Å². The summed E-state index contributed by atoms with van der Waals surface area (Å²) in [5, 5.41) is 11.2. The number of nitrogens with two attached hydrogens (primary N) is 1. The minimum atomic E-state index is 0.439. The van der Waals surface area contributed by atoms with Crippen molar-refractivity contribution >= 4 is 23.2 Å². The number of ether oxygens (including phenoxy) is 2. The molecule has 0 saturated carbocycles. The highest BCUT2D eigenvalue weighted by atomic mass is 16.5. The first-order chi connectivity index (χ1) is 11.7. The molecule has 1 fully saturated rings. The van der Waals surface area contributed by atoms with Crippen molar-refractivity contribution in [2.24, 2.45) is 0 Å². The van der Waals surface area contributed by atoms with Crippen LogP contribution in [0.25, 0.3) is 5.57 Å². The smallest absolute Gasteiger partial charge is 0.143 e. The van der Waals surface area contributed by atoms with Crippen molar-refractivity contribution in [3.8, 4) is 5.75 Å². The van der Waals surface area contributed by atoms with Gasteiger partial charge in [0.25, 0.3) is 0 Å². The van der Waals surface area contributed by atoms with E-state index in [0.29, 0.717) is 17.5 Å². The van der Waals surface area contributed by atoms with E-state index in [1.165, 1.54) is 6.21 Å². The molecule has 0 atom stereocenters. The van der Waals surface area contributed by atoms with Crippen LogP contribution < -0.4 is 20.7 Å². The summed E-state index contributed by atoms with van der Waals surface area (Å²) in [6, 6.07) is 4.39.